The lowest BCUT2D eigenvalue weighted by molar-refractivity contribution is 0.509. The molecule has 2 heterocycles. The van der Waals surface area contributed by atoms with Gasteiger partial charge in [0.25, 0.3) is 0 Å². The Hall–Kier alpha value is -2.08. The number of piperazine rings is 1. The molecule has 2 aromatic rings. The maximum atomic E-state index is 13.3. The van der Waals surface area contributed by atoms with Crippen molar-refractivity contribution in [3.8, 4) is 11.3 Å². The molecule has 0 saturated carbocycles. The summed E-state index contributed by atoms with van der Waals surface area (Å²) in [4.78, 5) is 10.5. The van der Waals surface area contributed by atoms with E-state index in [1.54, 1.807) is 6.07 Å². The molecule has 4 nitrogen and oxygen atoms in total. The summed E-state index contributed by atoms with van der Waals surface area (Å²) in [5, 5.41) is 3.27. The first-order valence-electron chi connectivity index (χ1n) is 6.47. The fourth-order valence-electron chi connectivity index (χ4n) is 2.23. The molecule has 1 saturated heterocycles. The summed E-state index contributed by atoms with van der Waals surface area (Å²) in [5.74, 6) is -0.920. The van der Waals surface area contributed by atoms with Crippen LogP contribution in [0.4, 0.5) is 14.6 Å². The van der Waals surface area contributed by atoms with E-state index in [0.717, 1.165) is 44.1 Å². The van der Waals surface area contributed by atoms with Crippen LogP contribution in [-0.2, 0) is 0 Å². The highest BCUT2D eigenvalue weighted by molar-refractivity contribution is 5.62. The van der Waals surface area contributed by atoms with Gasteiger partial charge in [0.05, 0.1) is 5.69 Å². The van der Waals surface area contributed by atoms with Crippen LogP contribution >= 0.6 is 0 Å². The molecule has 0 aliphatic carbocycles. The molecule has 0 radical (unpaired) electrons. The number of halogens is 2. The normalized spacial score (nSPS) is 15.4. The minimum Gasteiger partial charge on any atom is -0.354 e. The molecule has 1 aromatic carbocycles. The average molecular weight is 276 g/mol. The zero-order valence-electron chi connectivity index (χ0n) is 10.8. The highest BCUT2D eigenvalue weighted by Gasteiger charge is 2.13. The van der Waals surface area contributed by atoms with Crippen molar-refractivity contribution in [3.05, 3.63) is 42.2 Å². The largest absolute Gasteiger partial charge is 0.354 e. The van der Waals surface area contributed by atoms with Crippen LogP contribution in [-0.4, -0.2) is 36.1 Å². The third kappa shape index (κ3) is 2.60. The summed E-state index contributed by atoms with van der Waals surface area (Å²) in [6, 6.07) is 5.58. The maximum Gasteiger partial charge on any atom is 0.159 e. The van der Waals surface area contributed by atoms with E-state index in [1.807, 2.05) is 0 Å². The Balaban J connectivity index is 1.91. The van der Waals surface area contributed by atoms with Crippen molar-refractivity contribution in [2.24, 2.45) is 0 Å². The Morgan fingerprint density at radius 1 is 1.00 bits per heavy atom. The van der Waals surface area contributed by atoms with E-state index in [1.165, 1.54) is 12.4 Å². The van der Waals surface area contributed by atoms with Gasteiger partial charge in [0.1, 0.15) is 12.1 Å². The molecule has 0 unspecified atom stereocenters. The monoisotopic (exact) mass is 276 g/mol. The van der Waals surface area contributed by atoms with Gasteiger partial charge in [-0.25, -0.2) is 18.7 Å². The standard InChI is InChI=1S/C14H14F2N4/c15-11-2-1-10(7-12(11)16)13-8-14(19-9-18-13)20-5-3-17-4-6-20/h1-2,7-9,17H,3-6H2. The molecule has 3 rings (SSSR count). The highest BCUT2D eigenvalue weighted by Crippen LogP contribution is 2.22. The van der Waals surface area contributed by atoms with Gasteiger partial charge in [0, 0.05) is 37.8 Å². The number of aromatic nitrogens is 2. The number of nitrogens with zero attached hydrogens (tertiary/aromatic N) is 3. The molecule has 1 aromatic heterocycles. The van der Waals surface area contributed by atoms with Crippen LogP contribution in [0.5, 0.6) is 0 Å². The number of benzene rings is 1. The van der Waals surface area contributed by atoms with Crippen molar-refractivity contribution >= 4 is 5.82 Å². The third-order valence-corrected chi connectivity index (χ3v) is 3.31. The lowest BCUT2D eigenvalue weighted by Crippen LogP contribution is -2.43. The molecule has 0 atom stereocenters. The molecule has 20 heavy (non-hydrogen) atoms. The van der Waals surface area contributed by atoms with E-state index in [9.17, 15) is 8.78 Å². The molecule has 0 amide bonds. The smallest absolute Gasteiger partial charge is 0.159 e. The second-order valence-corrected chi connectivity index (χ2v) is 4.63. The van der Waals surface area contributed by atoms with Gasteiger partial charge in [-0.15, -0.1) is 0 Å². The molecule has 0 bridgehead atoms. The van der Waals surface area contributed by atoms with Crippen molar-refractivity contribution in [3.63, 3.8) is 0 Å². The fraction of sp³-hybridized carbons (Fsp3) is 0.286. The number of rotatable bonds is 2. The Morgan fingerprint density at radius 2 is 1.80 bits per heavy atom. The van der Waals surface area contributed by atoms with Gasteiger partial charge in [-0.1, -0.05) is 0 Å². The second kappa shape index (κ2) is 5.50. The van der Waals surface area contributed by atoms with Gasteiger partial charge in [-0.05, 0) is 18.2 Å². The number of anilines is 1. The Morgan fingerprint density at radius 3 is 2.55 bits per heavy atom. The molecule has 6 heteroatoms. The van der Waals surface area contributed by atoms with Crippen molar-refractivity contribution in [1.82, 2.24) is 15.3 Å². The van der Waals surface area contributed by atoms with E-state index in [0.29, 0.717) is 11.3 Å². The Kier molecular flexibility index (Phi) is 3.56. The zero-order valence-corrected chi connectivity index (χ0v) is 10.8. The minimum atomic E-state index is -0.871. The summed E-state index contributed by atoms with van der Waals surface area (Å²) in [5.41, 5.74) is 1.13. The van der Waals surface area contributed by atoms with E-state index < -0.39 is 11.6 Å². The van der Waals surface area contributed by atoms with Crippen LogP contribution in [0.1, 0.15) is 0 Å². The van der Waals surface area contributed by atoms with Gasteiger partial charge in [0.15, 0.2) is 11.6 Å². The molecule has 1 aliphatic heterocycles. The number of hydrogen-bond donors (Lipinski definition) is 1. The first-order valence-corrected chi connectivity index (χ1v) is 6.47. The van der Waals surface area contributed by atoms with Crippen LogP contribution in [0.25, 0.3) is 11.3 Å². The van der Waals surface area contributed by atoms with Gasteiger partial charge in [-0.2, -0.15) is 0 Å². The Labute approximate surface area is 115 Å². The topological polar surface area (TPSA) is 41.0 Å². The zero-order chi connectivity index (χ0) is 13.9. The second-order valence-electron chi connectivity index (χ2n) is 4.63. The van der Waals surface area contributed by atoms with Crippen molar-refractivity contribution in [2.75, 3.05) is 31.1 Å². The van der Waals surface area contributed by atoms with Crippen LogP contribution in [0.15, 0.2) is 30.6 Å². The van der Waals surface area contributed by atoms with Crippen molar-refractivity contribution in [1.29, 1.82) is 0 Å². The molecular formula is C14H14F2N4. The van der Waals surface area contributed by atoms with E-state index in [4.69, 9.17) is 0 Å². The molecule has 1 fully saturated rings. The van der Waals surface area contributed by atoms with Crippen molar-refractivity contribution < 1.29 is 8.78 Å². The van der Waals surface area contributed by atoms with Gasteiger partial charge in [0.2, 0.25) is 0 Å². The first kappa shape index (κ1) is 12.9. The molecule has 1 N–H and O–H groups in total. The summed E-state index contributed by atoms with van der Waals surface area (Å²) in [6.45, 7) is 3.55. The summed E-state index contributed by atoms with van der Waals surface area (Å²) in [6.07, 6.45) is 1.45. The predicted molar refractivity (Wildman–Crippen MR) is 72.5 cm³/mol. The number of nitrogens with one attached hydrogen (secondary N) is 1. The summed E-state index contributed by atoms with van der Waals surface area (Å²) in [7, 11) is 0. The Bertz CT molecular complexity index is 612. The average Bonchev–Trinajstić information content (AvgIpc) is 2.51. The molecule has 104 valence electrons. The quantitative estimate of drug-likeness (QED) is 0.908. The van der Waals surface area contributed by atoms with Crippen LogP contribution < -0.4 is 10.2 Å². The fourth-order valence-corrected chi connectivity index (χ4v) is 2.23. The highest BCUT2D eigenvalue weighted by atomic mass is 19.2. The van der Waals surface area contributed by atoms with E-state index in [2.05, 4.69) is 20.2 Å². The van der Waals surface area contributed by atoms with Gasteiger partial charge in [-0.3, -0.25) is 0 Å². The van der Waals surface area contributed by atoms with Gasteiger partial charge < -0.3 is 10.2 Å². The van der Waals surface area contributed by atoms with Gasteiger partial charge >= 0.3 is 0 Å². The predicted octanol–water partition coefficient (Wildman–Crippen LogP) is 1.83. The van der Waals surface area contributed by atoms with Crippen LogP contribution in [0, 0.1) is 11.6 Å². The van der Waals surface area contributed by atoms with E-state index >= 15 is 0 Å². The lowest BCUT2D eigenvalue weighted by Gasteiger charge is -2.28. The molecular weight excluding hydrogens is 262 g/mol. The minimum absolute atomic E-state index is 0.544. The SMILES string of the molecule is Fc1ccc(-c2cc(N3CCNCC3)ncn2)cc1F. The molecule has 1 aliphatic rings. The lowest BCUT2D eigenvalue weighted by atomic mass is 10.1. The van der Waals surface area contributed by atoms with Crippen LogP contribution in [0.2, 0.25) is 0 Å². The first-order chi connectivity index (χ1) is 9.74. The third-order valence-electron chi connectivity index (χ3n) is 3.31. The maximum absolute atomic E-state index is 13.3. The number of hydrogen-bond acceptors (Lipinski definition) is 4. The summed E-state index contributed by atoms with van der Waals surface area (Å²) < 4.78 is 26.2. The summed E-state index contributed by atoms with van der Waals surface area (Å²) >= 11 is 0. The van der Waals surface area contributed by atoms with E-state index in [-0.39, 0.29) is 0 Å². The van der Waals surface area contributed by atoms with Crippen LogP contribution in [0.3, 0.4) is 0 Å². The van der Waals surface area contributed by atoms with Crippen molar-refractivity contribution in [2.45, 2.75) is 0 Å². The molecule has 0 spiro atoms.